The Hall–Kier alpha value is -3.50. The number of esters is 1. The Balaban J connectivity index is 1.41. The minimum atomic E-state index is -2.99. The van der Waals surface area contributed by atoms with Crippen LogP contribution < -0.4 is 10.1 Å². The molecule has 0 spiro atoms. The number of ether oxygens (including phenoxy) is 2. The maximum absolute atomic E-state index is 13.4. The van der Waals surface area contributed by atoms with Gasteiger partial charge in [-0.1, -0.05) is 12.1 Å². The van der Waals surface area contributed by atoms with Crippen molar-refractivity contribution in [3.05, 3.63) is 47.3 Å². The second kappa shape index (κ2) is 11.9. The number of aromatic nitrogens is 2. The first kappa shape index (κ1) is 27.5. The third-order valence-corrected chi connectivity index (χ3v) is 6.45. The number of urea groups is 1. The number of aryl methyl sites for hydroxylation is 2. The predicted octanol–water partition coefficient (Wildman–Crippen LogP) is 4.58. The van der Waals surface area contributed by atoms with E-state index in [1.807, 2.05) is 0 Å². The van der Waals surface area contributed by atoms with Gasteiger partial charge in [0.1, 0.15) is 11.4 Å². The molecule has 0 aliphatic carbocycles. The van der Waals surface area contributed by atoms with E-state index in [0.717, 1.165) is 43.7 Å². The zero-order chi connectivity index (χ0) is 27.3. The summed E-state index contributed by atoms with van der Waals surface area (Å²) in [5.74, 6) is 0.259. The van der Waals surface area contributed by atoms with E-state index < -0.39 is 24.2 Å². The van der Waals surface area contributed by atoms with Gasteiger partial charge in [-0.2, -0.15) is 8.78 Å². The molecule has 1 saturated heterocycles. The molecule has 4 rings (SSSR count). The normalized spacial score (nSPS) is 16.3. The summed E-state index contributed by atoms with van der Waals surface area (Å²) in [6.07, 6.45) is 4.92. The van der Waals surface area contributed by atoms with E-state index in [0.29, 0.717) is 25.2 Å². The van der Waals surface area contributed by atoms with Crippen molar-refractivity contribution in [1.29, 1.82) is 0 Å². The molecule has 38 heavy (non-hydrogen) atoms. The lowest BCUT2D eigenvalue weighted by atomic mass is 10.0. The van der Waals surface area contributed by atoms with Crippen molar-refractivity contribution in [3.8, 4) is 5.88 Å². The zero-order valence-electron chi connectivity index (χ0n) is 22.1. The second-order valence-corrected chi connectivity index (χ2v) is 10.5. The standard InChI is InChI=1S/C27H35F2N5O4/c1-27(2,3)38-23(35)16-21(19-9-11-22(31-17-19)37-25(28)29)34-15-14-33(26(34)36)13-5-7-20-10-8-18-6-4-12-30-24(18)32-20/h8-11,17,21,25H,4-7,12-16H2,1-3H3,(H,30,32)/t21-/m0/s1. The van der Waals surface area contributed by atoms with Gasteiger partial charge in [-0.05, 0) is 63.6 Å². The first-order valence-corrected chi connectivity index (χ1v) is 13.0. The van der Waals surface area contributed by atoms with E-state index >= 15 is 0 Å². The number of nitrogens with zero attached hydrogens (tertiary/aromatic N) is 4. The first-order chi connectivity index (χ1) is 18.1. The van der Waals surface area contributed by atoms with Crippen molar-refractivity contribution < 1.29 is 27.8 Å². The van der Waals surface area contributed by atoms with Gasteiger partial charge >= 0.3 is 18.6 Å². The summed E-state index contributed by atoms with van der Waals surface area (Å²) in [5.41, 5.74) is 2.08. The van der Waals surface area contributed by atoms with Crippen LogP contribution in [0.3, 0.4) is 0 Å². The number of carbonyl (C=O) groups excluding carboxylic acids is 2. The number of carbonyl (C=O) groups is 2. The van der Waals surface area contributed by atoms with Gasteiger partial charge < -0.3 is 24.6 Å². The molecule has 1 N–H and O–H groups in total. The molecular formula is C27H35F2N5O4. The number of nitrogens with one attached hydrogen (secondary N) is 1. The van der Waals surface area contributed by atoms with E-state index in [2.05, 4.69) is 27.2 Å². The molecule has 0 aromatic carbocycles. The molecule has 0 bridgehead atoms. The molecule has 9 nitrogen and oxygen atoms in total. The molecule has 206 valence electrons. The van der Waals surface area contributed by atoms with E-state index in [1.165, 1.54) is 17.8 Å². The number of fused-ring (bicyclic) bond motifs is 1. The Labute approximate surface area is 221 Å². The third-order valence-electron chi connectivity index (χ3n) is 6.45. The van der Waals surface area contributed by atoms with E-state index in [1.54, 1.807) is 36.6 Å². The van der Waals surface area contributed by atoms with Gasteiger partial charge in [-0.25, -0.2) is 14.8 Å². The predicted molar refractivity (Wildman–Crippen MR) is 137 cm³/mol. The summed E-state index contributed by atoms with van der Waals surface area (Å²) in [7, 11) is 0. The smallest absolute Gasteiger partial charge is 0.388 e. The molecule has 1 atom stereocenters. The summed E-state index contributed by atoms with van der Waals surface area (Å²) in [5, 5.41) is 3.35. The SMILES string of the molecule is CC(C)(C)OC(=O)C[C@@H](c1ccc(OC(F)F)nc1)N1CCN(CCCc2ccc3c(n2)NCCC3)C1=O. The number of hydrogen-bond donors (Lipinski definition) is 1. The summed E-state index contributed by atoms with van der Waals surface area (Å²) >= 11 is 0. The van der Waals surface area contributed by atoms with Gasteiger partial charge in [0.05, 0.1) is 12.5 Å². The van der Waals surface area contributed by atoms with Gasteiger partial charge in [0.15, 0.2) is 0 Å². The fourth-order valence-corrected chi connectivity index (χ4v) is 4.76. The number of rotatable bonds is 10. The van der Waals surface area contributed by atoms with Crippen molar-refractivity contribution in [2.24, 2.45) is 0 Å². The van der Waals surface area contributed by atoms with Crippen LogP contribution in [0.15, 0.2) is 30.5 Å². The molecule has 2 aliphatic rings. The maximum atomic E-state index is 13.4. The molecule has 2 aliphatic heterocycles. The molecule has 11 heteroatoms. The number of amides is 2. The number of pyridine rings is 2. The molecule has 0 unspecified atom stereocenters. The molecule has 1 fully saturated rings. The van der Waals surface area contributed by atoms with Crippen LogP contribution in [0, 0.1) is 0 Å². The van der Waals surface area contributed by atoms with Crippen molar-refractivity contribution in [2.75, 3.05) is 31.5 Å². The Morgan fingerprint density at radius 1 is 1.18 bits per heavy atom. The largest absolute Gasteiger partial charge is 0.460 e. The first-order valence-electron chi connectivity index (χ1n) is 13.0. The molecule has 2 aromatic heterocycles. The number of anilines is 1. The highest BCUT2D eigenvalue weighted by Gasteiger charge is 2.36. The van der Waals surface area contributed by atoms with Crippen LogP contribution in [-0.2, 0) is 22.4 Å². The lowest BCUT2D eigenvalue weighted by Crippen LogP contribution is -2.37. The molecule has 2 aromatic rings. The average molecular weight is 532 g/mol. The Kier molecular flexibility index (Phi) is 8.63. The Morgan fingerprint density at radius 2 is 2.00 bits per heavy atom. The second-order valence-electron chi connectivity index (χ2n) is 10.5. The Bertz CT molecular complexity index is 1120. The topological polar surface area (TPSA) is 96.9 Å². The maximum Gasteiger partial charge on any atom is 0.388 e. The van der Waals surface area contributed by atoms with Gasteiger partial charge in [0.2, 0.25) is 5.88 Å². The third kappa shape index (κ3) is 7.29. The van der Waals surface area contributed by atoms with E-state index in [-0.39, 0.29) is 18.3 Å². The molecule has 4 heterocycles. The summed E-state index contributed by atoms with van der Waals surface area (Å²) < 4.78 is 34.9. The minimum absolute atomic E-state index is 0.0837. The van der Waals surface area contributed by atoms with Crippen LogP contribution in [0.5, 0.6) is 5.88 Å². The van der Waals surface area contributed by atoms with Crippen molar-refractivity contribution in [1.82, 2.24) is 19.8 Å². The summed E-state index contributed by atoms with van der Waals surface area (Å²) in [4.78, 5) is 38.1. The van der Waals surface area contributed by atoms with Crippen LogP contribution in [-0.4, -0.2) is 70.2 Å². The lowest BCUT2D eigenvalue weighted by Gasteiger charge is -2.29. The van der Waals surface area contributed by atoms with Crippen molar-refractivity contribution in [3.63, 3.8) is 0 Å². The molecular weight excluding hydrogens is 496 g/mol. The Morgan fingerprint density at radius 3 is 2.71 bits per heavy atom. The van der Waals surface area contributed by atoms with E-state index in [4.69, 9.17) is 9.72 Å². The van der Waals surface area contributed by atoms with Crippen LogP contribution in [0.25, 0.3) is 0 Å². The number of hydrogen-bond acceptors (Lipinski definition) is 7. The average Bonchev–Trinajstić information content (AvgIpc) is 3.21. The fraction of sp³-hybridized carbons (Fsp3) is 0.556. The fourth-order valence-electron chi connectivity index (χ4n) is 4.76. The lowest BCUT2D eigenvalue weighted by molar-refractivity contribution is -0.156. The summed E-state index contributed by atoms with van der Waals surface area (Å²) in [6.45, 7) is 4.75. The highest BCUT2D eigenvalue weighted by Crippen LogP contribution is 2.30. The molecule has 0 radical (unpaired) electrons. The van der Waals surface area contributed by atoms with Crippen molar-refractivity contribution >= 4 is 17.8 Å². The highest BCUT2D eigenvalue weighted by atomic mass is 19.3. The van der Waals surface area contributed by atoms with Crippen LogP contribution in [0.1, 0.15) is 62.9 Å². The van der Waals surface area contributed by atoms with Gasteiger partial charge in [-0.15, -0.1) is 0 Å². The molecule has 2 amide bonds. The quantitative estimate of drug-likeness (QED) is 0.448. The summed E-state index contributed by atoms with van der Waals surface area (Å²) in [6, 6.07) is 6.19. The van der Waals surface area contributed by atoms with E-state index in [9.17, 15) is 18.4 Å². The minimum Gasteiger partial charge on any atom is -0.460 e. The molecule has 0 saturated carbocycles. The number of halogens is 2. The van der Waals surface area contributed by atoms with Crippen LogP contribution >= 0.6 is 0 Å². The highest BCUT2D eigenvalue weighted by molar-refractivity contribution is 5.78. The monoisotopic (exact) mass is 531 g/mol. The van der Waals surface area contributed by atoms with Gasteiger partial charge in [-0.3, -0.25) is 4.79 Å². The van der Waals surface area contributed by atoms with Crippen LogP contribution in [0.2, 0.25) is 0 Å². The zero-order valence-corrected chi connectivity index (χ0v) is 22.1. The van der Waals surface area contributed by atoms with Crippen molar-refractivity contribution in [2.45, 2.75) is 71.1 Å². The van der Waals surface area contributed by atoms with Gasteiger partial charge in [0.25, 0.3) is 0 Å². The van der Waals surface area contributed by atoms with Gasteiger partial charge in [0, 0.05) is 44.1 Å². The van der Waals surface area contributed by atoms with Crippen LogP contribution in [0.4, 0.5) is 19.4 Å². The number of alkyl halides is 2.